The van der Waals surface area contributed by atoms with Crippen molar-refractivity contribution in [1.82, 2.24) is 4.98 Å². The lowest BCUT2D eigenvalue weighted by Crippen LogP contribution is -2.03. The number of anilines is 1. The molecular weight excluding hydrogens is 256 g/mol. The van der Waals surface area contributed by atoms with Gasteiger partial charge in [-0.1, -0.05) is 13.0 Å². The monoisotopic (exact) mass is 276 g/mol. The summed E-state index contributed by atoms with van der Waals surface area (Å²) in [5.74, 6) is 0.926. The molecule has 0 aliphatic heterocycles. The van der Waals surface area contributed by atoms with Gasteiger partial charge in [-0.3, -0.25) is 0 Å². The van der Waals surface area contributed by atoms with Gasteiger partial charge in [0.1, 0.15) is 10.8 Å². The number of aryl methyl sites for hydroxylation is 2. The average Bonchev–Trinajstić information content (AvgIpc) is 2.81. The summed E-state index contributed by atoms with van der Waals surface area (Å²) in [6.45, 7) is 7.69. The fourth-order valence-electron chi connectivity index (χ4n) is 1.76. The summed E-state index contributed by atoms with van der Waals surface area (Å²) >= 11 is 1.68. The molecule has 0 aliphatic rings. The number of hydrogen-bond acceptors (Lipinski definition) is 4. The Bertz CT molecular complexity index is 537. The molecule has 0 fully saturated rings. The van der Waals surface area contributed by atoms with Crippen molar-refractivity contribution < 1.29 is 4.74 Å². The van der Waals surface area contributed by atoms with Crippen molar-refractivity contribution >= 4 is 17.0 Å². The molecule has 1 aromatic heterocycles. The molecule has 1 heterocycles. The number of benzene rings is 1. The molecule has 1 aromatic carbocycles. The maximum absolute atomic E-state index is 5.78. The van der Waals surface area contributed by atoms with Crippen LogP contribution in [0.2, 0.25) is 0 Å². The zero-order valence-electron chi connectivity index (χ0n) is 11.7. The Morgan fingerprint density at radius 2 is 2.16 bits per heavy atom. The lowest BCUT2D eigenvalue weighted by atomic mass is 10.2. The van der Waals surface area contributed by atoms with Gasteiger partial charge in [0.15, 0.2) is 0 Å². The molecule has 4 heteroatoms. The van der Waals surface area contributed by atoms with Gasteiger partial charge in [-0.15, -0.1) is 11.3 Å². The second kappa shape index (κ2) is 6.57. The minimum absolute atomic E-state index is 0.740. The molecule has 2 rings (SSSR count). The van der Waals surface area contributed by atoms with Crippen molar-refractivity contribution in [1.29, 1.82) is 0 Å². The van der Waals surface area contributed by atoms with Gasteiger partial charge in [-0.25, -0.2) is 4.98 Å². The van der Waals surface area contributed by atoms with Crippen LogP contribution >= 0.6 is 11.3 Å². The molecule has 2 aromatic rings. The van der Waals surface area contributed by atoms with E-state index in [1.807, 2.05) is 6.92 Å². The Balaban J connectivity index is 2.05. The molecule has 102 valence electrons. The van der Waals surface area contributed by atoms with Gasteiger partial charge in [-0.05, 0) is 38.0 Å². The van der Waals surface area contributed by atoms with Crippen LogP contribution in [0.1, 0.15) is 29.6 Å². The fourth-order valence-corrected chi connectivity index (χ4v) is 2.47. The Morgan fingerprint density at radius 1 is 1.32 bits per heavy atom. The number of nitrogens with zero attached hydrogens (tertiary/aromatic N) is 1. The highest BCUT2D eigenvalue weighted by Crippen LogP contribution is 2.26. The molecule has 0 saturated carbocycles. The van der Waals surface area contributed by atoms with Crippen LogP contribution in [-0.2, 0) is 6.54 Å². The summed E-state index contributed by atoms with van der Waals surface area (Å²) in [4.78, 5) is 4.45. The smallest absolute Gasteiger partial charge is 0.142 e. The number of aromatic nitrogens is 1. The molecular formula is C15H20N2OS. The first-order valence-electron chi connectivity index (χ1n) is 6.57. The Kier molecular flexibility index (Phi) is 4.80. The van der Waals surface area contributed by atoms with Crippen LogP contribution in [0.25, 0.3) is 0 Å². The summed E-state index contributed by atoms with van der Waals surface area (Å²) in [7, 11) is 0. The average molecular weight is 276 g/mol. The number of thiazole rings is 1. The molecule has 0 radical (unpaired) electrons. The maximum atomic E-state index is 5.78. The van der Waals surface area contributed by atoms with Gasteiger partial charge >= 0.3 is 0 Å². The van der Waals surface area contributed by atoms with E-state index in [1.54, 1.807) is 11.3 Å². The molecule has 19 heavy (non-hydrogen) atoms. The lowest BCUT2D eigenvalue weighted by Gasteiger charge is -2.13. The first-order chi connectivity index (χ1) is 9.19. The van der Waals surface area contributed by atoms with Gasteiger partial charge in [0.2, 0.25) is 0 Å². The minimum Gasteiger partial charge on any atom is -0.491 e. The number of ether oxygens (including phenoxy) is 1. The standard InChI is InChI=1S/C15H20N2OS/c1-4-7-18-14-8-11(2)5-6-13(14)16-9-15-17-12(3)10-19-15/h5-6,8,10,16H,4,7,9H2,1-3H3. The summed E-state index contributed by atoms with van der Waals surface area (Å²) in [5, 5.41) is 6.57. The van der Waals surface area contributed by atoms with Crippen LogP contribution in [0.15, 0.2) is 23.6 Å². The summed E-state index contributed by atoms with van der Waals surface area (Å²) in [6.07, 6.45) is 1.01. The van der Waals surface area contributed by atoms with Crippen LogP contribution in [-0.4, -0.2) is 11.6 Å². The zero-order valence-corrected chi connectivity index (χ0v) is 12.5. The Hall–Kier alpha value is -1.55. The number of hydrogen-bond donors (Lipinski definition) is 1. The highest BCUT2D eigenvalue weighted by molar-refractivity contribution is 7.09. The summed E-state index contributed by atoms with van der Waals surface area (Å²) in [5.41, 5.74) is 3.32. The largest absolute Gasteiger partial charge is 0.491 e. The van der Waals surface area contributed by atoms with Crippen LogP contribution < -0.4 is 10.1 Å². The number of rotatable bonds is 6. The van der Waals surface area contributed by atoms with Crippen molar-refractivity contribution in [2.24, 2.45) is 0 Å². The van der Waals surface area contributed by atoms with Gasteiger partial charge in [0.25, 0.3) is 0 Å². The van der Waals surface area contributed by atoms with Crippen LogP contribution in [0.3, 0.4) is 0 Å². The van der Waals surface area contributed by atoms with Gasteiger partial charge in [-0.2, -0.15) is 0 Å². The van der Waals surface area contributed by atoms with Gasteiger partial charge in [0, 0.05) is 11.1 Å². The molecule has 0 amide bonds. The third-order valence-electron chi connectivity index (χ3n) is 2.70. The van der Waals surface area contributed by atoms with Crippen molar-refractivity contribution in [3.8, 4) is 5.75 Å². The van der Waals surface area contributed by atoms with E-state index in [9.17, 15) is 0 Å². The van der Waals surface area contributed by atoms with Crippen molar-refractivity contribution in [3.63, 3.8) is 0 Å². The van der Waals surface area contributed by atoms with E-state index < -0.39 is 0 Å². The SMILES string of the molecule is CCCOc1cc(C)ccc1NCc1nc(C)cs1. The minimum atomic E-state index is 0.740. The van der Waals surface area contributed by atoms with Crippen molar-refractivity contribution in [3.05, 3.63) is 39.8 Å². The lowest BCUT2D eigenvalue weighted by molar-refractivity contribution is 0.318. The first-order valence-corrected chi connectivity index (χ1v) is 7.45. The topological polar surface area (TPSA) is 34.1 Å². The zero-order chi connectivity index (χ0) is 13.7. The Labute approximate surface area is 118 Å². The second-order valence-corrected chi connectivity index (χ2v) is 5.53. The molecule has 3 nitrogen and oxygen atoms in total. The molecule has 0 unspecified atom stereocenters. The predicted octanol–water partition coefficient (Wildman–Crippen LogP) is 4.16. The summed E-state index contributed by atoms with van der Waals surface area (Å²) < 4.78 is 5.78. The van der Waals surface area contributed by atoms with Crippen molar-refractivity contribution in [2.75, 3.05) is 11.9 Å². The number of nitrogens with one attached hydrogen (secondary N) is 1. The molecule has 0 aliphatic carbocycles. The van der Waals surface area contributed by atoms with E-state index in [1.165, 1.54) is 5.56 Å². The van der Waals surface area contributed by atoms with Crippen LogP contribution in [0.5, 0.6) is 5.75 Å². The van der Waals surface area contributed by atoms with Gasteiger partial charge < -0.3 is 10.1 Å². The third-order valence-corrected chi connectivity index (χ3v) is 3.66. The highest BCUT2D eigenvalue weighted by atomic mass is 32.1. The third kappa shape index (κ3) is 3.96. The van der Waals surface area contributed by atoms with E-state index in [2.05, 4.69) is 47.7 Å². The quantitative estimate of drug-likeness (QED) is 0.860. The normalized spacial score (nSPS) is 10.5. The van der Waals surface area contributed by atoms with Crippen LogP contribution in [0, 0.1) is 13.8 Å². The van der Waals surface area contributed by atoms with Crippen molar-refractivity contribution in [2.45, 2.75) is 33.7 Å². The highest BCUT2D eigenvalue weighted by Gasteiger charge is 2.05. The van der Waals surface area contributed by atoms with E-state index in [0.717, 1.165) is 41.7 Å². The van der Waals surface area contributed by atoms with E-state index in [0.29, 0.717) is 0 Å². The Morgan fingerprint density at radius 3 is 2.84 bits per heavy atom. The second-order valence-electron chi connectivity index (χ2n) is 4.58. The van der Waals surface area contributed by atoms with Crippen LogP contribution in [0.4, 0.5) is 5.69 Å². The van der Waals surface area contributed by atoms with E-state index >= 15 is 0 Å². The molecule has 0 spiro atoms. The maximum Gasteiger partial charge on any atom is 0.142 e. The van der Waals surface area contributed by atoms with E-state index in [4.69, 9.17) is 4.74 Å². The molecule has 0 atom stereocenters. The fraction of sp³-hybridized carbons (Fsp3) is 0.400. The van der Waals surface area contributed by atoms with Gasteiger partial charge in [0.05, 0.1) is 18.8 Å². The first kappa shape index (κ1) is 13.9. The van der Waals surface area contributed by atoms with E-state index in [-0.39, 0.29) is 0 Å². The molecule has 0 saturated heterocycles. The summed E-state index contributed by atoms with van der Waals surface area (Å²) in [6, 6.07) is 6.24. The predicted molar refractivity (Wildman–Crippen MR) is 81.1 cm³/mol. The molecule has 1 N–H and O–H groups in total. The molecule has 0 bridgehead atoms.